The van der Waals surface area contributed by atoms with Crippen LogP contribution in [0.5, 0.6) is 0 Å². The summed E-state index contributed by atoms with van der Waals surface area (Å²) in [5, 5.41) is 21.8. The summed E-state index contributed by atoms with van der Waals surface area (Å²) >= 11 is 0. The van der Waals surface area contributed by atoms with Crippen LogP contribution in [0.4, 0.5) is 5.69 Å². The van der Waals surface area contributed by atoms with E-state index in [-0.39, 0.29) is 11.6 Å². The third kappa shape index (κ3) is 2.09. The molecule has 2 unspecified atom stereocenters. The molecule has 22 heavy (non-hydrogen) atoms. The zero-order chi connectivity index (χ0) is 16.1. The number of aliphatic hydroxyl groups is 1. The molecule has 6 nitrogen and oxygen atoms in total. The van der Waals surface area contributed by atoms with E-state index in [0.717, 1.165) is 18.4 Å². The van der Waals surface area contributed by atoms with Gasteiger partial charge in [0, 0.05) is 30.5 Å². The Morgan fingerprint density at radius 1 is 1.36 bits per heavy atom. The normalized spacial score (nSPS) is 26.9. The summed E-state index contributed by atoms with van der Waals surface area (Å²) in [6, 6.07) is 4.20. The number of benzene rings is 1. The van der Waals surface area contributed by atoms with Crippen molar-refractivity contribution >= 4 is 11.6 Å². The smallest absolute Gasteiger partial charge is 0.269 e. The Morgan fingerprint density at radius 3 is 2.73 bits per heavy atom. The molecule has 0 aromatic heterocycles. The average Bonchev–Trinajstić information content (AvgIpc) is 2.67. The van der Waals surface area contributed by atoms with Crippen molar-refractivity contribution in [3.05, 3.63) is 39.4 Å². The number of piperidine rings is 1. The highest BCUT2D eigenvalue weighted by atomic mass is 16.6. The van der Waals surface area contributed by atoms with Gasteiger partial charge >= 0.3 is 0 Å². The zero-order valence-corrected chi connectivity index (χ0v) is 12.8. The fraction of sp³-hybridized carbons (Fsp3) is 0.562. The van der Waals surface area contributed by atoms with Gasteiger partial charge in [0.15, 0.2) is 0 Å². The quantitative estimate of drug-likeness (QED) is 0.671. The van der Waals surface area contributed by atoms with E-state index >= 15 is 0 Å². The summed E-state index contributed by atoms with van der Waals surface area (Å²) in [7, 11) is 0. The van der Waals surface area contributed by atoms with Gasteiger partial charge in [-0.15, -0.1) is 0 Å². The second-order valence-corrected chi connectivity index (χ2v) is 6.68. The van der Waals surface area contributed by atoms with Gasteiger partial charge in [0.05, 0.1) is 17.1 Å². The lowest BCUT2D eigenvalue weighted by Crippen LogP contribution is -2.44. The number of carbonyl (C=O) groups is 1. The molecule has 1 heterocycles. The molecule has 0 spiro atoms. The summed E-state index contributed by atoms with van der Waals surface area (Å²) < 4.78 is 0. The minimum Gasteiger partial charge on any atom is -0.390 e. The second-order valence-electron chi connectivity index (χ2n) is 6.68. The van der Waals surface area contributed by atoms with Gasteiger partial charge in [-0.05, 0) is 24.0 Å². The van der Waals surface area contributed by atoms with E-state index in [4.69, 9.17) is 0 Å². The first-order valence-corrected chi connectivity index (χ1v) is 7.60. The number of non-ortho nitro benzene ring substituents is 1. The van der Waals surface area contributed by atoms with E-state index in [1.165, 1.54) is 12.1 Å². The largest absolute Gasteiger partial charge is 0.390 e. The maximum atomic E-state index is 12.2. The number of hydrogen-bond donors (Lipinski definition) is 1. The predicted molar refractivity (Wildman–Crippen MR) is 80.4 cm³/mol. The van der Waals surface area contributed by atoms with Crippen molar-refractivity contribution in [3.8, 4) is 0 Å². The second kappa shape index (κ2) is 5.05. The molecule has 1 fully saturated rings. The molecular formula is C16H20N2O4. The lowest BCUT2D eigenvalue weighted by Gasteiger charge is -2.36. The molecule has 1 aliphatic carbocycles. The molecule has 0 saturated carbocycles. The summed E-state index contributed by atoms with van der Waals surface area (Å²) in [5.41, 5.74) is 1.06. The summed E-state index contributed by atoms with van der Waals surface area (Å²) in [6.07, 6.45) is 1.49. The van der Waals surface area contributed by atoms with Gasteiger partial charge in [0.1, 0.15) is 0 Å². The Labute approximate surface area is 128 Å². The molecule has 2 atom stereocenters. The van der Waals surface area contributed by atoms with E-state index in [1.807, 2.05) is 13.8 Å². The van der Waals surface area contributed by atoms with Crippen molar-refractivity contribution in [3.63, 3.8) is 0 Å². The maximum Gasteiger partial charge on any atom is 0.269 e. The highest BCUT2D eigenvalue weighted by Gasteiger charge is 2.49. The number of nitro groups is 1. The third-order valence-electron chi connectivity index (χ3n) is 4.99. The Hall–Kier alpha value is -1.95. The van der Waals surface area contributed by atoms with Crippen LogP contribution >= 0.6 is 0 Å². The van der Waals surface area contributed by atoms with Crippen LogP contribution < -0.4 is 0 Å². The first-order chi connectivity index (χ1) is 10.3. The van der Waals surface area contributed by atoms with Gasteiger partial charge in [-0.25, -0.2) is 0 Å². The molecule has 6 heteroatoms. The van der Waals surface area contributed by atoms with Crippen LogP contribution in [0.2, 0.25) is 0 Å². The maximum absolute atomic E-state index is 12.2. The van der Waals surface area contributed by atoms with Crippen LogP contribution in [0.1, 0.15) is 50.3 Å². The number of hydrogen-bond acceptors (Lipinski definition) is 4. The van der Waals surface area contributed by atoms with Crippen LogP contribution in [-0.4, -0.2) is 33.5 Å². The van der Waals surface area contributed by atoms with E-state index < -0.39 is 22.5 Å². The third-order valence-corrected chi connectivity index (χ3v) is 4.99. The minimum absolute atomic E-state index is 0.00175. The molecule has 0 bridgehead atoms. The van der Waals surface area contributed by atoms with E-state index in [9.17, 15) is 20.0 Å². The van der Waals surface area contributed by atoms with E-state index in [0.29, 0.717) is 18.5 Å². The van der Waals surface area contributed by atoms with Crippen molar-refractivity contribution in [2.75, 3.05) is 6.54 Å². The summed E-state index contributed by atoms with van der Waals surface area (Å²) in [4.78, 5) is 24.6. The summed E-state index contributed by atoms with van der Waals surface area (Å²) in [5.74, 6) is 0.0189. The molecule has 2 aliphatic rings. The highest BCUT2D eigenvalue weighted by Crippen LogP contribution is 2.49. The number of amides is 1. The minimum atomic E-state index is -0.758. The predicted octanol–water partition coefficient (Wildman–Crippen LogP) is 2.30. The number of nitrogens with zero attached hydrogens (tertiary/aromatic N) is 2. The number of rotatable bonds is 2. The molecule has 1 saturated heterocycles. The van der Waals surface area contributed by atoms with Crippen LogP contribution in [0.3, 0.4) is 0 Å². The molecule has 1 aromatic rings. The Kier molecular flexibility index (Phi) is 3.44. The number of carbonyl (C=O) groups excluding carboxylic acids is 1. The SMILES string of the molecule is CC1(C)c2ccc([N+](=O)[O-])cc2C(N2CCCCC2=O)C1O. The van der Waals surface area contributed by atoms with E-state index in [1.54, 1.807) is 11.0 Å². The van der Waals surface area contributed by atoms with Gasteiger partial charge in [0.25, 0.3) is 5.69 Å². The zero-order valence-electron chi connectivity index (χ0n) is 12.8. The molecule has 0 radical (unpaired) electrons. The molecule has 118 valence electrons. The fourth-order valence-electron chi connectivity index (χ4n) is 3.68. The van der Waals surface area contributed by atoms with E-state index in [2.05, 4.69) is 0 Å². The molecule has 3 rings (SSSR count). The van der Waals surface area contributed by atoms with Crippen molar-refractivity contribution in [2.24, 2.45) is 0 Å². The van der Waals surface area contributed by atoms with Gasteiger partial charge in [0.2, 0.25) is 5.91 Å². The first-order valence-electron chi connectivity index (χ1n) is 7.60. The Bertz CT molecular complexity index is 641. The standard InChI is InChI=1S/C16H20N2O4/c1-16(2)12-7-6-10(18(21)22)9-11(12)14(15(16)20)17-8-4-3-5-13(17)19/h6-7,9,14-15,20H,3-5,8H2,1-2H3. The van der Waals surface area contributed by atoms with Crippen LogP contribution in [0.15, 0.2) is 18.2 Å². The van der Waals surface area contributed by atoms with Crippen LogP contribution in [-0.2, 0) is 10.2 Å². The van der Waals surface area contributed by atoms with Gasteiger partial charge in [-0.2, -0.15) is 0 Å². The van der Waals surface area contributed by atoms with Gasteiger partial charge < -0.3 is 10.0 Å². The monoisotopic (exact) mass is 304 g/mol. The molecule has 1 aliphatic heterocycles. The van der Waals surface area contributed by atoms with Crippen LogP contribution in [0.25, 0.3) is 0 Å². The lowest BCUT2D eigenvalue weighted by atomic mass is 9.84. The average molecular weight is 304 g/mol. The number of nitro benzene ring substituents is 1. The summed E-state index contributed by atoms with van der Waals surface area (Å²) in [6.45, 7) is 4.42. The first kappa shape index (κ1) is 15.0. The number of fused-ring (bicyclic) bond motifs is 1. The fourth-order valence-corrected chi connectivity index (χ4v) is 3.68. The van der Waals surface area contributed by atoms with Crippen LogP contribution in [0, 0.1) is 10.1 Å². The van der Waals surface area contributed by atoms with Crippen molar-refractivity contribution in [2.45, 2.75) is 50.7 Å². The van der Waals surface area contributed by atoms with Gasteiger partial charge in [-0.3, -0.25) is 14.9 Å². The Balaban J connectivity index is 2.10. The van der Waals surface area contributed by atoms with Crippen molar-refractivity contribution < 1.29 is 14.8 Å². The Morgan fingerprint density at radius 2 is 2.09 bits per heavy atom. The lowest BCUT2D eigenvalue weighted by molar-refractivity contribution is -0.385. The molecule has 1 amide bonds. The highest BCUT2D eigenvalue weighted by molar-refractivity contribution is 5.78. The topological polar surface area (TPSA) is 83.7 Å². The molecule has 1 aromatic carbocycles. The number of likely N-dealkylation sites (tertiary alicyclic amines) is 1. The molecule has 1 N–H and O–H groups in total. The van der Waals surface area contributed by atoms with Crippen molar-refractivity contribution in [1.29, 1.82) is 0 Å². The van der Waals surface area contributed by atoms with Gasteiger partial charge in [-0.1, -0.05) is 19.9 Å². The molecular weight excluding hydrogens is 284 g/mol. The van der Waals surface area contributed by atoms with Crippen molar-refractivity contribution in [1.82, 2.24) is 4.90 Å². The number of aliphatic hydroxyl groups excluding tert-OH is 1.